The lowest BCUT2D eigenvalue weighted by Gasteiger charge is -2.02. The van der Waals surface area contributed by atoms with Crippen LogP contribution in [-0.4, -0.2) is 27.2 Å². The summed E-state index contributed by atoms with van der Waals surface area (Å²) in [6.07, 6.45) is 1.66. The molecule has 3 nitrogen and oxygen atoms in total. The maximum Gasteiger partial charge on any atom is 0.322 e. The van der Waals surface area contributed by atoms with Gasteiger partial charge >= 0.3 is 5.97 Å². The summed E-state index contributed by atoms with van der Waals surface area (Å²) in [5.41, 5.74) is 0. The molecule has 1 atom stereocenters. The van der Waals surface area contributed by atoms with E-state index < -0.39 is 11.3 Å². The number of rotatable bonds is 4. The van der Waals surface area contributed by atoms with Crippen LogP contribution in [0.15, 0.2) is 29.4 Å². The Bertz CT molecular complexity index is 281. The van der Waals surface area contributed by atoms with Crippen molar-refractivity contribution < 1.29 is 9.90 Å². The highest BCUT2D eigenvalue weighted by molar-refractivity contribution is 7.99. The van der Waals surface area contributed by atoms with Gasteiger partial charge in [-0.15, -0.1) is 23.4 Å². The Balaban J connectivity index is 2.39. The normalized spacial score (nSPS) is 12.4. The summed E-state index contributed by atoms with van der Waals surface area (Å²) in [5.74, 6) is -0.668. The maximum atomic E-state index is 10.4. The Labute approximate surface area is 85.1 Å². The summed E-state index contributed by atoms with van der Waals surface area (Å²) in [7, 11) is 0. The highest BCUT2D eigenvalue weighted by Gasteiger charge is 2.13. The van der Waals surface area contributed by atoms with Crippen molar-refractivity contribution in [3.05, 3.63) is 24.4 Å². The summed E-state index contributed by atoms with van der Waals surface area (Å²) in [5, 5.41) is 8.43. The van der Waals surface area contributed by atoms with E-state index in [9.17, 15) is 4.79 Å². The number of alkyl halides is 1. The number of pyridine rings is 1. The first-order valence-electron chi connectivity index (χ1n) is 3.61. The third-order valence-electron chi connectivity index (χ3n) is 1.28. The van der Waals surface area contributed by atoms with Crippen molar-refractivity contribution in [2.75, 3.05) is 5.75 Å². The van der Waals surface area contributed by atoms with Crippen molar-refractivity contribution in [2.45, 2.75) is 10.4 Å². The number of hydrogen-bond acceptors (Lipinski definition) is 3. The van der Waals surface area contributed by atoms with E-state index in [1.54, 1.807) is 12.3 Å². The van der Waals surface area contributed by atoms with E-state index in [2.05, 4.69) is 4.98 Å². The molecule has 5 heteroatoms. The topological polar surface area (TPSA) is 50.2 Å². The molecule has 0 aliphatic rings. The van der Waals surface area contributed by atoms with Crippen LogP contribution in [0.5, 0.6) is 0 Å². The Morgan fingerprint density at radius 1 is 1.69 bits per heavy atom. The molecule has 1 aromatic rings. The maximum absolute atomic E-state index is 10.4. The van der Waals surface area contributed by atoms with Crippen molar-refractivity contribution in [1.29, 1.82) is 0 Å². The summed E-state index contributed by atoms with van der Waals surface area (Å²) >= 11 is 6.85. The molecular weight excluding hydrogens is 210 g/mol. The lowest BCUT2D eigenvalue weighted by atomic mass is 10.5. The number of nitrogens with zero attached hydrogens (tertiary/aromatic N) is 1. The van der Waals surface area contributed by atoms with Crippen LogP contribution < -0.4 is 0 Å². The fourth-order valence-corrected chi connectivity index (χ4v) is 1.62. The van der Waals surface area contributed by atoms with Crippen molar-refractivity contribution in [3.63, 3.8) is 0 Å². The molecular formula is C8H8ClNO2S. The van der Waals surface area contributed by atoms with Gasteiger partial charge in [0, 0.05) is 11.9 Å². The summed E-state index contributed by atoms with van der Waals surface area (Å²) < 4.78 is 0. The van der Waals surface area contributed by atoms with Gasteiger partial charge in [0.2, 0.25) is 0 Å². The molecule has 13 heavy (non-hydrogen) atoms. The highest BCUT2D eigenvalue weighted by Crippen LogP contribution is 2.17. The summed E-state index contributed by atoms with van der Waals surface area (Å²) in [4.78, 5) is 14.4. The number of carboxylic acids is 1. The van der Waals surface area contributed by atoms with Crippen molar-refractivity contribution in [2.24, 2.45) is 0 Å². The van der Waals surface area contributed by atoms with Crippen LogP contribution in [0.3, 0.4) is 0 Å². The van der Waals surface area contributed by atoms with E-state index >= 15 is 0 Å². The van der Waals surface area contributed by atoms with Crippen molar-refractivity contribution in [1.82, 2.24) is 4.98 Å². The van der Waals surface area contributed by atoms with Gasteiger partial charge in [0.05, 0.1) is 5.03 Å². The zero-order valence-corrected chi connectivity index (χ0v) is 8.26. The van der Waals surface area contributed by atoms with Gasteiger partial charge in [-0.05, 0) is 12.1 Å². The average Bonchev–Trinajstić information content (AvgIpc) is 2.15. The van der Waals surface area contributed by atoms with Crippen LogP contribution in [0.4, 0.5) is 0 Å². The third-order valence-corrected chi connectivity index (χ3v) is 2.84. The van der Waals surface area contributed by atoms with Gasteiger partial charge in [0.15, 0.2) is 0 Å². The smallest absolute Gasteiger partial charge is 0.322 e. The summed E-state index contributed by atoms with van der Waals surface area (Å²) in [6, 6.07) is 5.47. The van der Waals surface area contributed by atoms with E-state index in [1.807, 2.05) is 12.1 Å². The first-order chi connectivity index (χ1) is 6.20. The number of carbonyl (C=O) groups is 1. The lowest BCUT2D eigenvalue weighted by molar-refractivity contribution is -0.136. The van der Waals surface area contributed by atoms with Crippen LogP contribution in [0.1, 0.15) is 0 Å². The van der Waals surface area contributed by atoms with Crippen LogP contribution in [0.25, 0.3) is 0 Å². The predicted molar refractivity (Wildman–Crippen MR) is 52.2 cm³/mol. The molecule has 70 valence electrons. The second-order valence-electron chi connectivity index (χ2n) is 2.28. The van der Waals surface area contributed by atoms with Crippen LogP contribution in [0, 0.1) is 0 Å². The zero-order chi connectivity index (χ0) is 9.68. The highest BCUT2D eigenvalue weighted by atomic mass is 35.5. The quantitative estimate of drug-likeness (QED) is 0.618. The minimum atomic E-state index is -0.995. The fourth-order valence-electron chi connectivity index (χ4n) is 0.662. The molecule has 0 fully saturated rings. The Morgan fingerprint density at radius 3 is 3.00 bits per heavy atom. The molecule has 0 bridgehead atoms. The van der Waals surface area contributed by atoms with Gasteiger partial charge in [-0.1, -0.05) is 6.07 Å². The molecule has 1 unspecified atom stereocenters. The molecule has 1 heterocycles. The molecule has 1 aromatic heterocycles. The van der Waals surface area contributed by atoms with Gasteiger partial charge in [0.25, 0.3) is 0 Å². The Kier molecular flexibility index (Phi) is 4.05. The Hall–Kier alpha value is -0.740. The largest absolute Gasteiger partial charge is 0.480 e. The van der Waals surface area contributed by atoms with E-state index in [1.165, 1.54) is 11.8 Å². The molecule has 1 N–H and O–H groups in total. The first-order valence-corrected chi connectivity index (χ1v) is 5.03. The van der Waals surface area contributed by atoms with Gasteiger partial charge < -0.3 is 5.11 Å². The molecule has 0 saturated carbocycles. The van der Waals surface area contributed by atoms with Crippen molar-refractivity contribution >= 4 is 29.3 Å². The number of aromatic nitrogens is 1. The minimum absolute atomic E-state index is 0.327. The van der Waals surface area contributed by atoms with Gasteiger partial charge in [-0.25, -0.2) is 4.98 Å². The number of aliphatic carboxylic acids is 1. The first kappa shape index (κ1) is 10.3. The van der Waals surface area contributed by atoms with E-state index in [4.69, 9.17) is 16.7 Å². The van der Waals surface area contributed by atoms with Gasteiger partial charge in [-0.3, -0.25) is 4.79 Å². The Morgan fingerprint density at radius 2 is 2.46 bits per heavy atom. The van der Waals surface area contributed by atoms with Crippen LogP contribution in [-0.2, 0) is 4.79 Å². The third kappa shape index (κ3) is 3.65. The second kappa shape index (κ2) is 5.09. The van der Waals surface area contributed by atoms with Crippen molar-refractivity contribution in [3.8, 4) is 0 Å². The van der Waals surface area contributed by atoms with E-state index in [0.717, 1.165) is 5.03 Å². The molecule has 0 amide bonds. The average molecular weight is 218 g/mol. The second-order valence-corrected chi connectivity index (χ2v) is 3.85. The number of hydrogen-bond donors (Lipinski definition) is 1. The number of carboxylic acid groups (broad SMARTS) is 1. The number of thioether (sulfide) groups is 1. The zero-order valence-electron chi connectivity index (χ0n) is 6.68. The molecule has 0 spiro atoms. The van der Waals surface area contributed by atoms with Gasteiger partial charge in [-0.2, -0.15) is 0 Å². The SMILES string of the molecule is O=C(O)C(Cl)CSc1ccccn1. The van der Waals surface area contributed by atoms with Crippen LogP contribution in [0.2, 0.25) is 0 Å². The molecule has 0 aromatic carbocycles. The molecule has 0 radical (unpaired) electrons. The molecule has 0 saturated heterocycles. The molecule has 1 rings (SSSR count). The van der Waals surface area contributed by atoms with Gasteiger partial charge in [0.1, 0.15) is 5.38 Å². The molecule has 0 aliphatic heterocycles. The lowest BCUT2D eigenvalue weighted by Crippen LogP contribution is -2.15. The standard InChI is InChI=1S/C8H8ClNO2S/c9-6(8(11)12)5-13-7-3-1-2-4-10-7/h1-4,6H,5H2,(H,11,12). The number of halogens is 1. The fraction of sp³-hybridized carbons (Fsp3) is 0.250. The predicted octanol–water partition coefficient (Wildman–Crippen LogP) is 1.87. The molecule has 0 aliphatic carbocycles. The summed E-state index contributed by atoms with van der Waals surface area (Å²) in [6.45, 7) is 0. The van der Waals surface area contributed by atoms with E-state index in [0.29, 0.717) is 5.75 Å². The van der Waals surface area contributed by atoms with E-state index in [-0.39, 0.29) is 0 Å². The monoisotopic (exact) mass is 217 g/mol. The minimum Gasteiger partial charge on any atom is -0.480 e. The van der Waals surface area contributed by atoms with Crippen LogP contribution >= 0.6 is 23.4 Å².